The highest BCUT2D eigenvalue weighted by molar-refractivity contribution is 5.71. The van der Waals surface area contributed by atoms with Gasteiger partial charge in [-0.1, -0.05) is 30.3 Å². The Morgan fingerprint density at radius 1 is 1.21 bits per heavy atom. The molecule has 2 rings (SSSR count). The van der Waals surface area contributed by atoms with Crippen molar-refractivity contribution < 1.29 is 23.5 Å². The van der Waals surface area contributed by atoms with Crippen LogP contribution in [0.5, 0.6) is 0 Å². The number of amides is 1. The first-order chi connectivity index (χ1) is 11.2. The van der Waals surface area contributed by atoms with E-state index in [4.69, 9.17) is 9.47 Å². The average Bonchev–Trinajstić information content (AvgIpc) is 2.85. The van der Waals surface area contributed by atoms with Crippen LogP contribution in [0.2, 0.25) is 0 Å². The van der Waals surface area contributed by atoms with Gasteiger partial charge in [-0.2, -0.15) is 0 Å². The van der Waals surface area contributed by atoms with Gasteiger partial charge < -0.3 is 14.4 Å². The summed E-state index contributed by atoms with van der Waals surface area (Å²) in [6, 6.07) is 9.28. The summed E-state index contributed by atoms with van der Waals surface area (Å²) in [6.07, 6.45) is -1.85. The number of benzene rings is 1. The lowest BCUT2D eigenvalue weighted by Crippen LogP contribution is -2.30. The van der Waals surface area contributed by atoms with Crippen LogP contribution in [-0.2, 0) is 20.9 Å². The molecule has 132 valence electrons. The molecule has 24 heavy (non-hydrogen) atoms. The molecule has 2 atom stereocenters. The van der Waals surface area contributed by atoms with E-state index in [2.05, 4.69) is 0 Å². The maximum Gasteiger partial charge on any atom is 0.410 e. The standard InChI is InChI=1S/C18H24FNO4/c1-18(2,3)24-16(21)9-14-10-20(11-15(14)19)17(22)23-12-13-7-5-4-6-8-13/h4-8,14-15H,9-12H2,1-3H3/t14-,15-/m1/s1. The lowest BCUT2D eigenvalue weighted by atomic mass is 10.0. The Balaban J connectivity index is 1.81. The number of likely N-dealkylation sites (tertiary alicyclic amines) is 1. The Labute approximate surface area is 141 Å². The van der Waals surface area contributed by atoms with Crippen molar-refractivity contribution >= 4 is 12.1 Å². The van der Waals surface area contributed by atoms with Crippen molar-refractivity contribution in [1.29, 1.82) is 0 Å². The molecule has 0 radical (unpaired) electrons. The van der Waals surface area contributed by atoms with Crippen LogP contribution in [0.4, 0.5) is 9.18 Å². The largest absolute Gasteiger partial charge is 0.460 e. The highest BCUT2D eigenvalue weighted by Crippen LogP contribution is 2.25. The van der Waals surface area contributed by atoms with Gasteiger partial charge in [-0.25, -0.2) is 9.18 Å². The molecular formula is C18H24FNO4. The second-order valence-electron chi connectivity index (χ2n) is 7.01. The maximum absolute atomic E-state index is 14.1. The van der Waals surface area contributed by atoms with E-state index in [-0.39, 0.29) is 26.1 Å². The molecule has 1 fully saturated rings. The normalized spacial score (nSPS) is 20.8. The van der Waals surface area contributed by atoms with Crippen molar-refractivity contribution in [3.63, 3.8) is 0 Å². The van der Waals surface area contributed by atoms with Crippen molar-refractivity contribution in [3.05, 3.63) is 35.9 Å². The first kappa shape index (κ1) is 18.2. The second kappa shape index (κ2) is 7.64. The van der Waals surface area contributed by atoms with Gasteiger partial charge in [0, 0.05) is 12.5 Å². The number of carbonyl (C=O) groups excluding carboxylic acids is 2. The Hall–Kier alpha value is -2.11. The van der Waals surface area contributed by atoms with Crippen molar-refractivity contribution in [2.24, 2.45) is 5.92 Å². The molecule has 1 aromatic carbocycles. The molecule has 0 bridgehead atoms. The molecule has 0 spiro atoms. The summed E-state index contributed by atoms with van der Waals surface area (Å²) in [5, 5.41) is 0. The first-order valence-corrected chi connectivity index (χ1v) is 8.06. The highest BCUT2D eigenvalue weighted by atomic mass is 19.1. The second-order valence-corrected chi connectivity index (χ2v) is 7.01. The lowest BCUT2D eigenvalue weighted by Gasteiger charge is -2.21. The number of carbonyl (C=O) groups is 2. The Bertz CT molecular complexity index is 570. The van der Waals surface area contributed by atoms with E-state index in [9.17, 15) is 14.0 Å². The van der Waals surface area contributed by atoms with Crippen LogP contribution in [0.15, 0.2) is 30.3 Å². The molecule has 0 saturated carbocycles. The van der Waals surface area contributed by atoms with Crippen LogP contribution >= 0.6 is 0 Å². The smallest absolute Gasteiger partial charge is 0.410 e. The quantitative estimate of drug-likeness (QED) is 0.791. The van der Waals surface area contributed by atoms with E-state index in [1.807, 2.05) is 30.3 Å². The minimum absolute atomic E-state index is 0.0408. The summed E-state index contributed by atoms with van der Waals surface area (Å²) in [5.41, 5.74) is 0.266. The van der Waals surface area contributed by atoms with Gasteiger partial charge in [0.2, 0.25) is 0 Å². The van der Waals surface area contributed by atoms with Crippen LogP contribution in [-0.4, -0.2) is 41.8 Å². The maximum atomic E-state index is 14.1. The minimum atomic E-state index is -1.25. The van der Waals surface area contributed by atoms with Gasteiger partial charge in [0.15, 0.2) is 0 Å². The SMILES string of the molecule is CC(C)(C)OC(=O)C[C@@H]1CN(C(=O)OCc2ccccc2)C[C@H]1F. The molecule has 0 aromatic heterocycles. The fourth-order valence-electron chi connectivity index (χ4n) is 2.58. The predicted octanol–water partition coefficient (Wildman–Crippen LogP) is 3.32. The summed E-state index contributed by atoms with van der Waals surface area (Å²) >= 11 is 0. The number of hydrogen-bond donors (Lipinski definition) is 0. The van der Waals surface area contributed by atoms with Gasteiger partial charge in [-0.3, -0.25) is 4.79 Å². The number of rotatable bonds is 4. The Morgan fingerprint density at radius 2 is 1.88 bits per heavy atom. The Morgan fingerprint density at radius 3 is 2.50 bits per heavy atom. The summed E-state index contributed by atoms with van der Waals surface area (Å²) in [5.74, 6) is -1.00. The molecule has 1 aliphatic rings. The van der Waals surface area contributed by atoms with E-state index < -0.39 is 29.8 Å². The molecule has 0 unspecified atom stereocenters. The molecule has 0 aliphatic carbocycles. The average molecular weight is 337 g/mol. The zero-order valence-corrected chi connectivity index (χ0v) is 14.3. The molecule has 6 heteroatoms. The van der Waals surface area contributed by atoms with Gasteiger partial charge in [0.05, 0.1) is 13.0 Å². The summed E-state index contributed by atoms with van der Waals surface area (Å²) in [7, 11) is 0. The van der Waals surface area contributed by atoms with Crippen LogP contribution in [0.1, 0.15) is 32.8 Å². The molecule has 0 N–H and O–H groups in total. The van der Waals surface area contributed by atoms with Crippen molar-refractivity contribution in [3.8, 4) is 0 Å². The molecule has 1 aliphatic heterocycles. The van der Waals surface area contributed by atoms with Crippen LogP contribution < -0.4 is 0 Å². The predicted molar refractivity (Wildman–Crippen MR) is 87.0 cm³/mol. The fourth-order valence-corrected chi connectivity index (χ4v) is 2.58. The van der Waals surface area contributed by atoms with Gasteiger partial charge >= 0.3 is 12.1 Å². The monoisotopic (exact) mass is 337 g/mol. The lowest BCUT2D eigenvalue weighted by molar-refractivity contribution is -0.156. The van der Waals surface area contributed by atoms with Gasteiger partial charge in [0.1, 0.15) is 18.4 Å². The number of hydrogen-bond acceptors (Lipinski definition) is 4. The molecule has 1 saturated heterocycles. The number of ether oxygens (including phenoxy) is 2. The van der Waals surface area contributed by atoms with Gasteiger partial charge in [0.25, 0.3) is 0 Å². The minimum Gasteiger partial charge on any atom is -0.460 e. The fraction of sp³-hybridized carbons (Fsp3) is 0.556. The topological polar surface area (TPSA) is 55.8 Å². The third kappa shape index (κ3) is 5.51. The van der Waals surface area contributed by atoms with Crippen molar-refractivity contribution in [2.45, 2.75) is 45.6 Å². The Kier molecular flexibility index (Phi) is 5.80. The highest BCUT2D eigenvalue weighted by Gasteiger charge is 2.38. The molecular weight excluding hydrogens is 313 g/mol. The summed E-state index contributed by atoms with van der Waals surface area (Å²) in [6.45, 7) is 5.54. The zero-order chi connectivity index (χ0) is 17.7. The zero-order valence-electron chi connectivity index (χ0n) is 14.3. The molecule has 1 amide bonds. The van der Waals surface area contributed by atoms with Gasteiger partial charge in [-0.15, -0.1) is 0 Å². The first-order valence-electron chi connectivity index (χ1n) is 8.06. The van der Waals surface area contributed by atoms with E-state index in [0.717, 1.165) is 5.56 Å². The third-order valence-electron chi connectivity index (χ3n) is 3.67. The molecule has 1 heterocycles. The van der Waals surface area contributed by atoms with Gasteiger partial charge in [-0.05, 0) is 26.3 Å². The van der Waals surface area contributed by atoms with E-state index in [1.54, 1.807) is 20.8 Å². The van der Waals surface area contributed by atoms with Crippen LogP contribution in [0, 0.1) is 5.92 Å². The number of nitrogens with zero attached hydrogens (tertiary/aromatic N) is 1. The number of esters is 1. The van der Waals surface area contributed by atoms with Crippen molar-refractivity contribution in [1.82, 2.24) is 4.90 Å². The summed E-state index contributed by atoms with van der Waals surface area (Å²) in [4.78, 5) is 25.2. The molecule has 5 nitrogen and oxygen atoms in total. The van der Waals surface area contributed by atoms with E-state index >= 15 is 0 Å². The van der Waals surface area contributed by atoms with Crippen molar-refractivity contribution in [2.75, 3.05) is 13.1 Å². The van der Waals surface area contributed by atoms with E-state index in [1.165, 1.54) is 4.90 Å². The number of alkyl halides is 1. The number of halogens is 1. The van der Waals surface area contributed by atoms with Crippen LogP contribution in [0.3, 0.4) is 0 Å². The third-order valence-corrected chi connectivity index (χ3v) is 3.67. The summed E-state index contributed by atoms with van der Waals surface area (Å²) < 4.78 is 24.5. The van der Waals surface area contributed by atoms with Crippen LogP contribution in [0.25, 0.3) is 0 Å². The molecule has 1 aromatic rings. The van der Waals surface area contributed by atoms with E-state index in [0.29, 0.717) is 0 Å².